The Kier molecular flexibility index (Phi) is 4.59. The molecular weight excluding hydrogens is 320 g/mol. The van der Waals surface area contributed by atoms with Crippen LogP contribution in [0.1, 0.15) is 18.9 Å². The minimum absolute atomic E-state index is 0.105. The molecule has 0 aliphatic carbocycles. The summed E-state index contributed by atoms with van der Waals surface area (Å²) in [5.41, 5.74) is 1.72. The summed E-state index contributed by atoms with van der Waals surface area (Å²) in [5, 5.41) is 0. The van der Waals surface area contributed by atoms with Crippen molar-refractivity contribution in [2.75, 3.05) is 52.5 Å². The number of rotatable bonds is 2. The van der Waals surface area contributed by atoms with Crippen molar-refractivity contribution >= 4 is 17.1 Å². The van der Waals surface area contributed by atoms with E-state index in [1.54, 1.807) is 0 Å². The number of urea groups is 1. The van der Waals surface area contributed by atoms with Gasteiger partial charge in [-0.05, 0) is 19.1 Å². The van der Waals surface area contributed by atoms with E-state index in [2.05, 4.69) is 16.8 Å². The van der Waals surface area contributed by atoms with Crippen molar-refractivity contribution in [3.63, 3.8) is 0 Å². The van der Waals surface area contributed by atoms with E-state index in [1.807, 2.05) is 34.1 Å². The van der Waals surface area contributed by atoms with Gasteiger partial charge in [0.25, 0.3) is 0 Å². The molecule has 0 bridgehead atoms. The first-order chi connectivity index (χ1) is 12.2. The summed E-state index contributed by atoms with van der Waals surface area (Å²) in [4.78, 5) is 23.3. The van der Waals surface area contributed by atoms with E-state index in [4.69, 9.17) is 9.15 Å². The fraction of sp³-hybridized carbons (Fsp3) is 0.556. The molecule has 25 heavy (non-hydrogen) atoms. The zero-order chi connectivity index (χ0) is 17.2. The van der Waals surface area contributed by atoms with Crippen molar-refractivity contribution in [2.24, 2.45) is 0 Å². The average Bonchev–Trinajstić information content (AvgIpc) is 3.12. The molecule has 2 fully saturated rings. The largest absolute Gasteiger partial charge is 0.439 e. The molecule has 2 amide bonds. The molecule has 0 N–H and O–H groups in total. The molecule has 7 nitrogen and oxygen atoms in total. The Balaban J connectivity index is 1.36. The molecule has 0 spiro atoms. The number of carbonyl (C=O) groups is 1. The van der Waals surface area contributed by atoms with Gasteiger partial charge in [0, 0.05) is 39.3 Å². The van der Waals surface area contributed by atoms with Crippen molar-refractivity contribution in [2.45, 2.75) is 13.0 Å². The normalized spacial score (nSPS) is 20.8. The van der Waals surface area contributed by atoms with Crippen LogP contribution >= 0.6 is 0 Å². The zero-order valence-corrected chi connectivity index (χ0v) is 14.6. The van der Waals surface area contributed by atoms with Gasteiger partial charge in [-0.15, -0.1) is 0 Å². The van der Waals surface area contributed by atoms with Crippen molar-refractivity contribution in [3.8, 4) is 0 Å². The molecule has 134 valence electrons. The van der Waals surface area contributed by atoms with Crippen LogP contribution in [0.4, 0.5) is 4.79 Å². The van der Waals surface area contributed by atoms with E-state index in [1.165, 1.54) is 0 Å². The maximum Gasteiger partial charge on any atom is 0.320 e. The number of para-hydroxylation sites is 2. The van der Waals surface area contributed by atoms with Gasteiger partial charge < -0.3 is 19.0 Å². The molecule has 0 saturated carbocycles. The van der Waals surface area contributed by atoms with Crippen LogP contribution in [0, 0.1) is 0 Å². The number of ether oxygens (including phenoxy) is 1. The van der Waals surface area contributed by atoms with Crippen LogP contribution < -0.4 is 0 Å². The summed E-state index contributed by atoms with van der Waals surface area (Å²) in [6, 6.07) is 8.07. The second-order valence-electron chi connectivity index (χ2n) is 6.60. The molecule has 0 unspecified atom stereocenters. The fourth-order valence-corrected chi connectivity index (χ4v) is 3.48. The van der Waals surface area contributed by atoms with Gasteiger partial charge in [0.2, 0.25) is 5.89 Å². The number of carbonyl (C=O) groups excluding carboxylic acids is 1. The zero-order valence-electron chi connectivity index (χ0n) is 14.6. The Morgan fingerprint density at radius 2 is 1.72 bits per heavy atom. The highest BCUT2D eigenvalue weighted by atomic mass is 16.5. The maximum absolute atomic E-state index is 12.6. The summed E-state index contributed by atoms with van der Waals surface area (Å²) in [6.45, 7) is 7.91. The van der Waals surface area contributed by atoms with Crippen LogP contribution in [0.15, 0.2) is 28.7 Å². The van der Waals surface area contributed by atoms with Crippen LogP contribution in [-0.4, -0.2) is 78.2 Å². The molecule has 4 rings (SSSR count). The lowest BCUT2D eigenvalue weighted by Gasteiger charge is -2.39. The van der Waals surface area contributed by atoms with E-state index in [0.29, 0.717) is 26.3 Å². The lowest BCUT2D eigenvalue weighted by atomic mass is 10.2. The third kappa shape index (κ3) is 3.34. The number of piperazine rings is 1. The second kappa shape index (κ2) is 7.01. The van der Waals surface area contributed by atoms with Crippen LogP contribution in [0.25, 0.3) is 11.1 Å². The quantitative estimate of drug-likeness (QED) is 0.833. The Bertz CT molecular complexity index is 700. The van der Waals surface area contributed by atoms with Crippen LogP contribution in [0.5, 0.6) is 0 Å². The Labute approximate surface area is 147 Å². The minimum atomic E-state index is 0.105. The monoisotopic (exact) mass is 344 g/mol. The van der Waals surface area contributed by atoms with E-state index >= 15 is 0 Å². The van der Waals surface area contributed by atoms with Crippen LogP contribution in [0.2, 0.25) is 0 Å². The Hall–Kier alpha value is -2.12. The highest BCUT2D eigenvalue weighted by molar-refractivity contribution is 5.74. The number of amides is 2. The van der Waals surface area contributed by atoms with Crippen LogP contribution in [0.3, 0.4) is 0 Å². The first-order valence-corrected chi connectivity index (χ1v) is 8.93. The van der Waals surface area contributed by atoms with Gasteiger partial charge in [-0.25, -0.2) is 9.78 Å². The molecular formula is C18H24N4O3. The average molecular weight is 344 g/mol. The number of benzene rings is 1. The maximum atomic E-state index is 12.6. The van der Waals surface area contributed by atoms with Gasteiger partial charge in [-0.3, -0.25) is 4.90 Å². The molecule has 3 heterocycles. The topological polar surface area (TPSA) is 62.1 Å². The van der Waals surface area contributed by atoms with Crippen molar-refractivity contribution in [1.29, 1.82) is 0 Å². The number of hydrogen-bond acceptors (Lipinski definition) is 5. The van der Waals surface area contributed by atoms with E-state index < -0.39 is 0 Å². The van der Waals surface area contributed by atoms with Crippen molar-refractivity contribution in [1.82, 2.24) is 19.7 Å². The molecule has 2 aliphatic rings. The standard InChI is InChI=1S/C18H24N4O3/c1-14(17-19-15-4-2-3-5-16(15)25-17)20-6-8-21(9-7-20)18(23)22-10-12-24-13-11-22/h2-5,14H,6-13H2,1H3/t14-/m0/s1. The van der Waals surface area contributed by atoms with Crippen molar-refractivity contribution < 1.29 is 13.9 Å². The molecule has 1 aromatic carbocycles. The number of hydrogen-bond donors (Lipinski definition) is 0. The molecule has 1 aromatic heterocycles. The van der Waals surface area contributed by atoms with Gasteiger partial charge in [0.15, 0.2) is 5.58 Å². The van der Waals surface area contributed by atoms with Gasteiger partial charge in [-0.2, -0.15) is 0 Å². The summed E-state index contributed by atoms with van der Waals surface area (Å²) in [5.74, 6) is 0.745. The lowest BCUT2D eigenvalue weighted by molar-refractivity contribution is 0.0343. The van der Waals surface area contributed by atoms with E-state index in [-0.39, 0.29) is 12.1 Å². The van der Waals surface area contributed by atoms with E-state index in [0.717, 1.165) is 43.2 Å². The van der Waals surface area contributed by atoms with Crippen molar-refractivity contribution in [3.05, 3.63) is 30.2 Å². The highest BCUT2D eigenvalue weighted by Crippen LogP contribution is 2.25. The Morgan fingerprint density at radius 3 is 2.44 bits per heavy atom. The molecule has 2 aromatic rings. The number of nitrogens with zero attached hydrogens (tertiary/aromatic N) is 4. The van der Waals surface area contributed by atoms with Gasteiger partial charge >= 0.3 is 6.03 Å². The number of oxazole rings is 1. The van der Waals surface area contributed by atoms with Gasteiger partial charge in [0.05, 0.1) is 19.3 Å². The molecule has 0 radical (unpaired) electrons. The summed E-state index contributed by atoms with van der Waals surface area (Å²) in [6.07, 6.45) is 0. The summed E-state index contributed by atoms with van der Waals surface area (Å²) < 4.78 is 11.2. The summed E-state index contributed by atoms with van der Waals surface area (Å²) in [7, 11) is 0. The van der Waals surface area contributed by atoms with E-state index in [9.17, 15) is 4.79 Å². The predicted octanol–water partition coefficient (Wildman–Crippen LogP) is 1.96. The molecule has 1 atom stereocenters. The van der Waals surface area contributed by atoms with Gasteiger partial charge in [-0.1, -0.05) is 12.1 Å². The number of fused-ring (bicyclic) bond motifs is 1. The lowest BCUT2D eigenvalue weighted by Crippen LogP contribution is -2.55. The first-order valence-electron chi connectivity index (χ1n) is 8.93. The number of aromatic nitrogens is 1. The third-order valence-corrected chi connectivity index (χ3v) is 5.08. The molecule has 2 aliphatic heterocycles. The fourth-order valence-electron chi connectivity index (χ4n) is 3.48. The predicted molar refractivity (Wildman–Crippen MR) is 93.4 cm³/mol. The Morgan fingerprint density at radius 1 is 1.04 bits per heavy atom. The SMILES string of the molecule is C[C@@H](c1nc2ccccc2o1)N1CCN(C(=O)N2CCOCC2)CC1. The first kappa shape index (κ1) is 16.4. The minimum Gasteiger partial charge on any atom is -0.439 e. The smallest absolute Gasteiger partial charge is 0.320 e. The molecule has 7 heteroatoms. The van der Waals surface area contributed by atoms with Gasteiger partial charge in [0.1, 0.15) is 5.52 Å². The summed E-state index contributed by atoms with van der Waals surface area (Å²) >= 11 is 0. The highest BCUT2D eigenvalue weighted by Gasteiger charge is 2.29. The van der Waals surface area contributed by atoms with Crippen LogP contribution in [-0.2, 0) is 4.74 Å². The third-order valence-electron chi connectivity index (χ3n) is 5.08. The second-order valence-corrected chi connectivity index (χ2v) is 6.60. The number of morpholine rings is 1. The molecule has 2 saturated heterocycles.